The molecule has 1 saturated carbocycles. The minimum Gasteiger partial charge on any atom is -0.497 e. The van der Waals surface area contributed by atoms with Gasteiger partial charge < -0.3 is 15.2 Å². The van der Waals surface area contributed by atoms with Crippen molar-refractivity contribution in [3.05, 3.63) is 35.9 Å². The van der Waals surface area contributed by atoms with Gasteiger partial charge in [-0.15, -0.1) is 5.10 Å². The van der Waals surface area contributed by atoms with Crippen LogP contribution in [0, 0.1) is 0 Å². The number of pyridine rings is 1. The van der Waals surface area contributed by atoms with E-state index in [2.05, 4.69) is 20.6 Å². The average molecular weight is 345 g/mol. The third-order valence-corrected chi connectivity index (χ3v) is 4.78. The second-order valence-electron chi connectivity index (χ2n) is 7.17. The number of nitrogens with zero attached hydrogens (tertiary/aromatic N) is 4. The molecule has 0 aliphatic heterocycles. The second kappa shape index (κ2) is 7.49. The fourth-order valence-electron chi connectivity index (χ4n) is 3.30. The third kappa shape index (κ3) is 4.35. The van der Waals surface area contributed by atoms with E-state index in [9.17, 15) is 5.11 Å². The van der Waals surface area contributed by atoms with E-state index in [0.29, 0.717) is 18.3 Å². The van der Waals surface area contributed by atoms with Crippen molar-refractivity contribution >= 4 is 0 Å². The summed E-state index contributed by atoms with van der Waals surface area (Å²) in [6, 6.07) is 4.34. The summed E-state index contributed by atoms with van der Waals surface area (Å²) in [5, 5.41) is 22.1. The van der Waals surface area contributed by atoms with E-state index < -0.39 is 5.60 Å². The molecule has 2 aromatic heterocycles. The van der Waals surface area contributed by atoms with Gasteiger partial charge in [0.15, 0.2) is 0 Å². The van der Waals surface area contributed by atoms with E-state index >= 15 is 0 Å². The minimum atomic E-state index is -0.972. The van der Waals surface area contributed by atoms with Crippen LogP contribution in [0.15, 0.2) is 24.5 Å². The van der Waals surface area contributed by atoms with Gasteiger partial charge in [0.1, 0.15) is 17.0 Å². The van der Waals surface area contributed by atoms with Crippen molar-refractivity contribution in [1.82, 2.24) is 25.3 Å². The quantitative estimate of drug-likeness (QED) is 0.835. The number of nitrogens with one attached hydrogen (secondary N) is 1. The molecule has 0 bridgehead atoms. The SMILES string of the molecule is COc1ccnc(CN[C@H]2CCCC[C@H]2n2cc(C(C)(C)O)nn2)c1. The maximum absolute atomic E-state index is 10.1. The average Bonchev–Trinajstić information content (AvgIpc) is 3.11. The summed E-state index contributed by atoms with van der Waals surface area (Å²) in [6.07, 6.45) is 8.16. The van der Waals surface area contributed by atoms with E-state index in [-0.39, 0.29) is 6.04 Å². The zero-order chi connectivity index (χ0) is 17.9. The summed E-state index contributed by atoms with van der Waals surface area (Å²) in [7, 11) is 1.66. The van der Waals surface area contributed by atoms with Crippen LogP contribution >= 0.6 is 0 Å². The topological polar surface area (TPSA) is 85.1 Å². The monoisotopic (exact) mass is 345 g/mol. The molecule has 1 aliphatic rings. The second-order valence-corrected chi connectivity index (χ2v) is 7.17. The summed E-state index contributed by atoms with van der Waals surface area (Å²) >= 11 is 0. The van der Waals surface area contributed by atoms with Gasteiger partial charge in [-0.2, -0.15) is 0 Å². The summed E-state index contributed by atoms with van der Waals surface area (Å²) in [5.41, 5.74) is 0.589. The van der Waals surface area contributed by atoms with Crippen LogP contribution in [0.25, 0.3) is 0 Å². The Hall–Kier alpha value is -1.99. The Labute approximate surface area is 148 Å². The molecule has 0 spiro atoms. The van der Waals surface area contributed by atoms with E-state index in [1.807, 2.05) is 23.0 Å². The Kier molecular flexibility index (Phi) is 5.34. The molecular weight excluding hydrogens is 318 g/mol. The van der Waals surface area contributed by atoms with Gasteiger partial charge in [0.05, 0.1) is 25.0 Å². The summed E-state index contributed by atoms with van der Waals surface area (Å²) in [5.74, 6) is 0.818. The smallest absolute Gasteiger partial charge is 0.122 e. The molecule has 0 aromatic carbocycles. The summed E-state index contributed by atoms with van der Waals surface area (Å²) in [6.45, 7) is 4.14. The minimum absolute atomic E-state index is 0.239. The first kappa shape index (κ1) is 17.8. The van der Waals surface area contributed by atoms with Gasteiger partial charge in [-0.1, -0.05) is 18.1 Å². The lowest BCUT2D eigenvalue weighted by Gasteiger charge is -2.32. The van der Waals surface area contributed by atoms with Crippen molar-refractivity contribution in [2.24, 2.45) is 0 Å². The highest BCUT2D eigenvalue weighted by Gasteiger charge is 2.29. The largest absolute Gasteiger partial charge is 0.497 e. The van der Waals surface area contributed by atoms with E-state index in [1.54, 1.807) is 27.2 Å². The normalized spacial score (nSPS) is 21.3. The van der Waals surface area contributed by atoms with Crippen LogP contribution in [0.4, 0.5) is 0 Å². The lowest BCUT2D eigenvalue weighted by Crippen LogP contribution is -2.39. The lowest BCUT2D eigenvalue weighted by atomic mass is 9.90. The van der Waals surface area contributed by atoms with Gasteiger partial charge in [-0.3, -0.25) is 4.98 Å². The molecule has 0 radical (unpaired) electrons. The van der Waals surface area contributed by atoms with Crippen molar-refractivity contribution in [2.75, 3.05) is 7.11 Å². The highest BCUT2D eigenvalue weighted by Crippen LogP contribution is 2.29. The number of hydrogen-bond acceptors (Lipinski definition) is 6. The molecule has 0 unspecified atom stereocenters. The Morgan fingerprint density at radius 3 is 2.88 bits per heavy atom. The maximum Gasteiger partial charge on any atom is 0.122 e. The highest BCUT2D eigenvalue weighted by molar-refractivity contribution is 5.22. The zero-order valence-electron chi connectivity index (χ0n) is 15.1. The van der Waals surface area contributed by atoms with Crippen LogP contribution in [0.1, 0.15) is 57.0 Å². The molecule has 2 heterocycles. The predicted molar refractivity (Wildman–Crippen MR) is 94.2 cm³/mol. The molecule has 7 nitrogen and oxygen atoms in total. The molecule has 7 heteroatoms. The van der Waals surface area contributed by atoms with E-state index in [1.165, 1.54) is 12.8 Å². The molecule has 3 rings (SSSR count). The number of hydrogen-bond donors (Lipinski definition) is 2. The predicted octanol–water partition coefficient (Wildman–Crippen LogP) is 2.18. The van der Waals surface area contributed by atoms with Crippen LogP contribution in [-0.2, 0) is 12.1 Å². The maximum atomic E-state index is 10.1. The van der Waals surface area contributed by atoms with Gasteiger partial charge in [0.2, 0.25) is 0 Å². The fraction of sp³-hybridized carbons (Fsp3) is 0.611. The van der Waals surface area contributed by atoms with Gasteiger partial charge in [-0.05, 0) is 32.8 Å². The number of rotatable bonds is 6. The van der Waals surface area contributed by atoms with Gasteiger partial charge in [-0.25, -0.2) is 4.68 Å². The molecular formula is C18H27N5O2. The van der Waals surface area contributed by atoms with E-state index in [0.717, 1.165) is 24.3 Å². The lowest BCUT2D eigenvalue weighted by molar-refractivity contribution is 0.0736. The molecule has 0 amide bonds. The summed E-state index contributed by atoms with van der Waals surface area (Å²) in [4.78, 5) is 4.40. The van der Waals surface area contributed by atoms with Crippen LogP contribution in [0.3, 0.4) is 0 Å². The first-order valence-corrected chi connectivity index (χ1v) is 8.84. The number of ether oxygens (including phenoxy) is 1. The first-order chi connectivity index (χ1) is 12.0. The first-order valence-electron chi connectivity index (χ1n) is 8.84. The van der Waals surface area contributed by atoms with Crippen LogP contribution in [0.2, 0.25) is 0 Å². The third-order valence-electron chi connectivity index (χ3n) is 4.78. The Morgan fingerprint density at radius 1 is 1.36 bits per heavy atom. The van der Waals surface area contributed by atoms with Crippen molar-refractivity contribution in [3.63, 3.8) is 0 Å². The van der Waals surface area contributed by atoms with Crippen molar-refractivity contribution < 1.29 is 9.84 Å². The highest BCUT2D eigenvalue weighted by atomic mass is 16.5. The van der Waals surface area contributed by atoms with E-state index in [4.69, 9.17) is 4.74 Å². The number of methoxy groups -OCH3 is 1. The van der Waals surface area contributed by atoms with Crippen molar-refractivity contribution in [2.45, 2.75) is 63.8 Å². The van der Waals surface area contributed by atoms with Gasteiger partial charge >= 0.3 is 0 Å². The molecule has 25 heavy (non-hydrogen) atoms. The number of aliphatic hydroxyl groups is 1. The fourth-order valence-corrected chi connectivity index (χ4v) is 3.30. The van der Waals surface area contributed by atoms with Crippen molar-refractivity contribution in [1.29, 1.82) is 0 Å². The number of aromatic nitrogens is 4. The van der Waals surface area contributed by atoms with Gasteiger partial charge in [0.25, 0.3) is 0 Å². The van der Waals surface area contributed by atoms with Crippen LogP contribution < -0.4 is 10.1 Å². The molecule has 1 fully saturated rings. The standard InChI is InChI=1S/C18H27N5O2/c1-18(2,24)17-12-23(22-21-17)16-7-5-4-6-15(16)20-11-13-10-14(25-3)8-9-19-13/h8-10,12,15-16,20,24H,4-7,11H2,1-3H3/t15-,16+/m0/s1. The Balaban J connectivity index is 1.69. The Bertz CT molecular complexity index is 695. The van der Waals surface area contributed by atoms with Crippen LogP contribution in [0.5, 0.6) is 5.75 Å². The molecule has 2 aromatic rings. The van der Waals surface area contributed by atoms with Gasteiger partial charge in [0, 0.05) is 24.8 Å². The van der Waals surface area contributed by atoms with Crippen molar-refractivity contribution in [3.8, 4) is 5.75 Å². The molecule has 0 saturated heterocycles. The molecule has 1 aliphatic carbocycles. The zero-order valence-corrected chi connectivity index (χ0v) is 15.1. The Morgan fingerprint density at radius 2 is 2.16 bits per heavy atom. The molecule has 2 N–H and O–H groups in total. The van der Waals surface area contributed by atoms with Crippen LogP contribution in [-0.4, -0.2) is 38.2 Å². The molecule has 136 valence electrons. The summed E-state index contributed by atoms with van der Waals surface area (Å²) < 4.78 is 7.16. The molecule has 2 atom stereocenters.